The third-order valence-corrected chi connectivity index (χ3v) is 3.24. The van der Waals surface area contributed by atoms with Gasteiger partial charge in [0, 0.05) is 13.7 Å². The summed E-state index contributed by atoms with van der Waals surface area (Å²) in [5.74, 6) is 1.48. The van der Waals surface area contributed by atoms with Crippen molar-refractivity contribution in [3.63, 3.8) is 0 Å². The minimum absolute atomic E-state index is 0.0772. The van der Waals surface area contributed by atoms with E-state index in [1.165, 1.54) is 0 Å². The Bertz CT molecular complexity index is 200. The fourth-order valence-electron chi connectivity index (χ4n) is 2.66. The Morgan fingerprint density at radius 2 is 2.27 bits per heavy atom. The quantitative estimate of drug-likeness (QED) is 0.600. The van der Waals surface area contributed by atoms with Crippen LogP contribution in [0.15, 0.2) is 0 Å². The van der Waals surface area contributed by atoms with Crippen LogP contribution in [-0.2, 0) is 4.74 Å². The lowest BCUT2D eigenvalue weighted by Crippen LogP contribution is -2.26. The van der Waals surface area contributed by atoms with Crippen LogP contribution in [-0.4, -0.2) is 13.7 Å². The topological polar surface area (TPSA) is 33.0 Å². The van der Waals surface area contributed by atoms with Crippen molar-refractivity contribution in [1.82, 2.24) is 0 Å². The fraction of sp³-hybridized carbons (Fsp3) is 0.889. The Hall–Kier alpha value is -0.550. The normalized spacial score (nSPS) is 46.5. The van der Waals surface area contributed by atoms with Gasteiger partial charge in [-0.3, -0.25) is 0 Å². The van der Waals surface area contributed by atoms with Gasteiger partial charge in [0.05, 0.1) is 11.5 Å². The zero-order chi connectivity index (χ0) is 7.90. The highest BCUT2D eigenvalue weighted by molar-refractivity contribution is 5.15. The molecule has 2 nitrogen and oxygen atoms in total. The van der Waals surface area contributed by atoms with Crippen molar-refractivity contribution in [2.24, 2.45) is 17.3 Å². The SMILES string of the molecule is COCC1CC2(C#N)CC1C2. The van der Waals surface area contributed by atoms with Gasteiger partial charge < -0.3 is 4.74 Å². The number of ether oxygens (including phenoxy) is 1. The molecule has 3 fully saturated rings. The van der Waals surface area contributed by atoms with Crippen LogP contribution >= 0.6 is 0 Å². The Morgan fingerprint density at radius 1 is 1.55 bits per heavy atom. The first-order valence-electron chi connectivity index (χ1n) is 4.20. The Balaban J connectivity index is 1.98. The zero-order valence-corrected chi connectivity index (χ0v) is 6.84. The summed E-state index contributed by atoms with van der Waals surface area (Å²) in [6.45, 7) is 0.855. The predicted octanol–water partition coefficient (Wildman–Crippen LogP) is 1.57. The summed E-state index contributed by atoms with van der Waals surface area (Å²) in [5.41, 5.74) is 0.0772. The minimum atomic E-state index is 0.0772. The first-order valence-corrected chi connectivity index (χ1v) is 4.20. The molecule has 11 heavy (non-hydrogen) atoms. The van der Waals surface area contributed by atoms with Gasteiger partial charge in [0.15, 0.2) is 0 Å². The van der Waals surface area contributed by atoms with Gasteiger partial charge >= 0.3 is 0 Å². The molecule has 0 saturated heterocycles. The molecule has 0 aromatic rings. The van der Waals surface area contributed by atoms with Gasteiger partial charge in [-0.15, -0.1) is 0 Å². The summed E-state index contributed by atoms with van der Waals surface area (Å²) in [5, 5.41) is 8.86. The van der Waals surface area contributed by atoms with Crippen molar-refractivity contribution in [2.45, 2.75) is 19.3 Å². The molecule has 3 rings (SSSR count). The zero-order valence-electron chi connectivity index (χ0n) is 6.84. The number of hydrogen-bond donors (Lipinski definition) is 0. The molecule has 3 saturated carbocycles. The van der Waals surface area contributed by atoms with E-state index in [2.05, 4.69) is 6.07 Å². The van der Waals surface area contributed by atoms with E-state index in [0.717, 1.165) is 31.8 Å². The van der Waals surface area contributed by atoms with E-state index in [-0.39, 0.29) is 5.41 Å². The standard InChI is InChI=1S/C9H13NO/c1-11-5-8-4-9(6-10)2-7(8)3-9/h7-8H,2-5H2,1H3. The van der Waals surface area contributed by atoms with Crippen LogP contribution in [0, 0.1) is 28.6 Å². The van der Waals surface area contributed by atoms with Crippen LogP contribution in [0.3, 0.4) is 0 Å². The highest BCUT2D eigenvalue weighted by atomic mass is 16.5. The van der Waals surface area contributed by atoms with E-state index in [9.17, 15) is 0 Å². The predicted molar refractivity (Wildman–Crippen MR) is 40.8 cm³/mol. The molecule has 0 N–H and O–H groups in total. The van der Waals surface area contributed by atoms with E-state index >= 15 is 0 Å². The Kier molecular flexibility index (Phi) is 1.43. The number of fused-ring (bicyclic) bond motifs is 1. The van der Waals surface area contributed by atoms with E-state index in [1.54, 1.807) is 7.11 Å². The molecular weight excluding hydrogens is 138 g/mol. The molecule has 3 aliphatic carbocycles. The average molecular weight is 151 g/mol. The van der Waals surface area contributed by atoms with Crippen molar-refractivity contribution >= 4 is 0 Å². The van der Waals surface area contributed by atoms with E-state index in [1.807, 2.05) is 0 Å². The lowest BCUT2D eigenvalue weighted by molar-refractivity contribution is 0.128. The van der Waals surface area contributed by atoms with Crippen LogP contribution in [0.1, 0.15) is 19.3 Å². The molecule has 1 atom stereocenters. The highest BCUT2D eigenvalue weighted by Crippen LogP contribution is 2.61. The van der Waals surface area contributed by atoms with E-state index < -0.39 is 0 Å². The second-order valence-corrected chi connectivity index (χ2v) is 3.98. The molecule has 3 aliphatic rings. The first kappa shape index (κ1) is 7.12. The summed E-state index contributed by atoms with van der Waals surface area (Å²) >= 11 is 0. The van der Waals surface area contributed by atoms with Crippen molar-refractivity contribution in [1.29, 1.82) is 5.26 Å². The van der Waals surface area contributed by atoms with Gasteiger partial charge in [-0.2, -0.15) is 5.26 Å². The molecule has 2 bridgehead atoms. The molecular formula is C9H13NO. The monoisotopic (exact) mass is 151 g/mol. The summed E-state index contributed by atoms with van der Waals surface area (Å²) in [6, 6.07) is 2.44. The van der Waals surface area contributed by atoms with Gasteiger partial charge in [0.2, 0.25) is 0 Å². The minimum Gasteiger partial charge on any atom is -0.384 e. The summed E-state index contributed by atoms with van der Waals surface area (Å²) in [4.78, 5) is 0. The molecule has 0 heterocycles. The number of nitriles is 1. The molecule has 1 unspecified atom stereocenters. The summed E-state index contributed by atoms with van der Waals surface area (Å²) in [7, 11) is 1.74. The van der Waals surface area contributed by atoms with Crippen LogP contribution in [0.4, 0.5) is 0 Å². The van der Waals surface area contributed by atoms with E-state index in [0.29, 0.717) is 5.92 Å². The molecule has 60 valence electrons. The maximum absolute atomic E-state index is 8.86. The Labute approximate surface area is 67.2 Å². The highest BCUT2D eigenvalue weighted by Gasteiger charge is 2.56. The second kappa shape index (κ2) is 2.22. The number of hydrogen-bond acceptors (Lipinski definition) is 2. The second-order valence-electron chi connectivity index (χ2n) is 3.98. The van der Waals surface area contributed by atoms with Crippen molar-refractivity contribution < 1.29 is 4.74 Å². The van der Waals surface area contributed by atoms with Gasteiger partial charge in [0.1, 0.15) is 0 Å². The largest absolute Gasteiger partial charge is 0.384 e. The summed E-state index contributed by atoms with van der Waals surface area (Å²) in [6.07, 6.45) is 3.36. The third kappa shape index (κ3) is 0.877. The molecule has 2 heteroatoms. The molecule has 0 spiro atoms. The lowest BCUT2D eigenvalue weighted by atomic mass is 9.70. The average Bonchev–Trinajstić information content (AvgIpc) is 2.41. The number of nitrogens with zero attached hydrogens (tertiary/aromatic N) is 1. The lowest BCUT2D eigenvalue weighted by Gasteiger charge is -2.31. The van der Waals surface area contributed by atoms with Crippen molar-refractivity contribution in [3.8, 4) is 6.07 Å². The summed E-state index contributed by atoms with van der Waals surface area (Å²) < 4.78 is 5.10. The van der Waals surface area contributed by atoms with Crippen LogP contribution in [0.5, 0.6) is 0 Å². The van der Waals surface area contributed by atoms with Crippen LogP contribution in [0.2, 0.25) is 0 Å². The molecule has 0 amide bonds. The molecule has 0 aliphatic heterocycles. The number of rotatable bonds is 2. The van der Waals surface area contributed by atoms with Crippen molar-refractivity contribution in [2.75, 3.05) is 13.7 Å². The van der Waals surface area contributed by atoms with Gasteiger partial charge in [-0.1, -0.05) is 0 Å². The van der Waals surface area contributed by atoms with Crippen molar-refractivity contribution in [3.05, 3.63) is 0 Å². The maximum atomic E-state index is 8.86. The molecule has 0 aromatic carbocycles. The third-order valence-electron chi connectivity index (χ3n) is 3.24. The maximum Gasteiger partial charge on any atom is 0.0690 e. The number of methoxy groups -OCH3 is 1. The van der Waals surface area contributed by atoms with Gasteiger partial charge in [-0.05, 0) is 31.1 Å². The van der Waals surface area contributed by atoms with Gasteiger partial charge in [-0.25, -0.2) is 0 Å². The van der Waals surface area contributed by atoms with Gasteiger partial charge in [0.25, 0.3) is 0 Å². The molecule has 0 aromatic heterocycles. The van der Waals surface area contributed by atoms with E-state index in [4.69, 9.17) is 10.00 Å². The van der Waals surface area contributed by atoms with Crippen LogP contribution < -0.4 is 0 Å². The smallest absolute Gasteiger partial charge is 0.0690 e. The first-order chi connectivity index (χ1) is 5.29. The van der Waals surface area contributed by atoms with Crippen LogP contribution in [0.25, 0.3) is 0 Å². The molecule has 0 radical (unpaired) electrons. The fourth-order valence-corrected chi connectivity index (χ4v) is 2.66. The Morgan fingerprint density at radius 3 is 2.73 bits per heavy atom.